The van der Waals surface area contributed by atoms with Gasteiger partial charge in [0.1, 0.15) is 0 Å². The summed E-state index contributed by atoms with van der Waals surface area (Å²) in [6, 6.07) is -0.547. The van der Waals surface area contributed by atoms with Crippen LogP contribution in [0.5, 0.6) is 0 Å². The van der Waals surface area contributed by atoms with E-state index in [2.05, 4.69) is 43.5 Å². The second-order valence-corrected chi connectivity index (χ2v) is 22.4. The fourth-order valence-corrected chi connectivity index (χ4v) is 10.2. The molecule has 0 aliphatic rings. The number of carbonyl (C=O) groups excluding carboxylic acids is 2. The molecule has 3 N–H and O–H groups in total. The Morgan fingerprint density at radius 1 is 0.375 bits per heavy atom. The summed E-state index contributed by atoms with van der Waals surface area (Å²) < 4.78 is 5.48. The summed E-state index contributed by atoms with van der Waals surface area (Å²) >= 11 is 0. The number of nitrogens with one attached hydrogen (secondary N) is 1. The van der Waals surface area contributed by atoms with Gasteiger partial charge in [0.25, 0.3) is 0 Å². The Morgan fingerprint density at radius 2 is 0.653 bits per heavy atom. The van der Waals surface area contributed by atoms with Crippen LogP contribution in [0.25, 0.3) is 0 Å². The van der Waals surface area contributed by atoms with Crippen molar-refractivity contribution in [2.45, 2.75) is 373 Å². The van der Waals surface area contributed by atoms with E-state index in [1.54, 1.807) is 0 Å². The van der Waals surface area contributed by atoms with Gasteiger partial charge in [0.05, 0.1) is 25.4 Å². The molecule has 0 radical (unpaired) electrons. The summed E-state index contributed by atoms with van der Waals surface area (Å²) in [6.45, 7) is 4.96. The molecule has 0 spiro atoms. The van der Waals surface area contributed by atoms with Crippen LogP contribution in [0.2, 0.25) is 0 Å². The maximum absolute atomic E-state index is 12.5. The van der Waals surface area contributed by atoms with Crippen molar-refractivity contribution in [3.8, 4) is 0 Å². The second-order valence-electron chi connectivity index (χ2n) is 22.4. The van der Waals surface area contributed by atoms with Gasteiger partial charge >= 0.3 is 5.97 Å². The van der Waals surface area contributed by atoms with Crippen molar-refractivity contribution in [1.82, 2.24) is 5.32 Å². The lowest BCUT2D eigenvalue weighted by molar-refractivity contribution is -0.143. The number of unbranched alkanes of at least 4 members (excludes halogenated alkanes) is 46. The minimum absolute atomic E-state index is 0.00202. The fourth-order valence-electron chi connectivity index (χ4n) is 10.2. The highest BCUT2D eigenvalue weighted by atomic mass is 16.5. The van der Waals surface area contributed by atoms with Crippen molar-refractivity contribution in [1.29, 1.82) is 0 Å². The highest BCUT2D eigenvalue weighted by Gasteiger charge is 2.20. The molecule has 2 atom stereocenters. The van der Waals surface area contributed by atoms with E-state index in [4.69, 9.17) is 4.74 Å². The molecule has 0 aliphatic carbocycles. The Bertz CT molecular complexity index is 1120. The monoisotopic (exact) mass is 1010 g/mol. The van der Waals surface area contributed by atoms with Crippen molar-refractivity contribution < 1.29 is 24.5 Å². The van der Waals surface area contributed by atoms with E-state index in [-0.39, 0.29) is 18.5 Å². The third-order valence-corrected chi connectivity index (χ3v) is 15.2. The average molecular weight is 1010 g/mol. The number of aliphatic hydroxyl groups excluding tert-OH is 2. The summed E-state index contributed by atoms with van der Waals surface area (Å²) in [5.41, 5.74) is 0. The van der Waals surface area contributed by atoms with Crippen LogP contribution in [0.15, 0.2) is 24.3 Å². The third kappa shape index (κ3) is 57.6. The molecule has 0 aromatic carbocycles. The number of hydrogen-bond donors (Lipinski definition) is 3. The summed E-state index contributed by atoms with van der Waals surface area (Å²) in [4.78, 5) is 24.6. The van der Waals surface area contributed by atoms with Crippen LogP contribution in [0.3, 0.4) is 0 Å². The van der Waals surface area contributed by atoms with Crippen molar-refractivity contribution >= 4 is 11.9 Å². The molecule has 0 aromatic heterocycles. The van der Waals surface area contributed by atoms with E-state index < -0.39 is 12.1 Å². The first-order valence-corrected chi connectivity index (χ1v) is 32.6. The van der Waals surface area contributed by atoms with Crippen LogP contribution in [0.4, 0.5) is 0 Å². The number of carbonyl (C=O) groups is 2. The van der Waals surface area contributed by atoms with Crippen molar-refractivity contribution in [2.75, 3.05) is 13.2 Å². The molecule has 0 rings (SSSR count). The first-order chi connectivity index (χ1) is 35.5. The zero-order valence-corrected chi connectivity index (χ0v) is 48.7. The number of allylic oxidation sites excluding steroid dienone is 4. The Balaban J connectivity index is 3.42. The lowest BCUT2D eigenvalue weighted by atomic mass is 10.0. The van der Waals surface area contributed by atoms with Gasteiger partial charge in [-0.1, -0.05) is 295 Å². The lowest BCUT2D eigenvalue weighted by Crippen LogP contribution is -2.45. The maximum atomic E-state index is 12.5. The van der Waals surface area contributed by atoms with Crippen LogP contribution in [-0.2, 0) is 14.3 Å². The largest absolute Gasteiger partial charge is 0.466 e. The van der Waals surface area contributed by atoms with Gasteiger partial charge in [-0.05, 0) is 77.0 Å². The number of aliphatic hydroxyl groups is 2. The minimum Gasteiger partial charge on any atom is -0.466 e. The van der Waals surface area contributed by atoms with Crippen molar-refractivity contribution in [2.24, 2.45) is 0 Å². The molecule has 72 heavy (non-hydrogen) atoms. The molecular weight excluding hydrogens is 887 g/mol. The van der Waals surface area contributed by atoms with Gasteiger partial charge in [0, 0.05) is 12.8 Å². The first-order valence-electron chi connectivity index (χ1n) is 32.6. The number of rotatable bonds is 61. The smallest absolute Gasteiger partial charge is 0.305 e. The van der Waals surface area contributed by atoms with E-state index in [0.29, 0.717) is 25.9 Å². The molecule has 0 aliphatic heterocycles. The molecule has 6 nitrogen and oxygen atoms in total. The highest BCUT2D eigenvalue weighted by molar-refractivity contribution is 5.76. The number of esters is 1. The SMILES string of the molecule is CCCCCCC/C=C\CCCCCCCC(=O)OCCCCCCCCCCCCC/C=C\CCCCCCCCCC(=O)NC(CO)C(O)CCCCCCCCCCCCCCCCCCCCC. The molecule has 426 valence electrons. The van der Waals surface area contributed by atoms with Crippen molar-refractivity contribution in [3.63, 3.8) is 0 Å². The van der Waals surface area contributed by atoms with Gasteiger partial charge in [-0.15, -0.1) is 0 Å². The molecule has 0 heterocycles. The standard InChI is InChI=1S/C66H127NO5/c1-3-5-7-9-11-13-15-17-19-20-25-28-31-34-38-42-46-50-54-58-64(69)63(62-68)67-65(70)59-55-51-47-43-39-35-32-29-26-23-21-22-24-27-30-33-37-41-45-49-53-57-61-72-66(71)60-56-52-48-44-40-36-18-16-14-12-10-8-6-4-2/h16,18,23,26,63-64,68-69H,3-15,17,19-22,24-25,27-62H2,1-2H3,(H,67,70)/b18-16-,26-23-. The van der Waals surface area contributed by atoms with E-state index in [9.17, 15) is 19.8 Å². The van der Waals surface area contributed by atoms with Crippen LogP contribution < -0.4 is 5.32 Å². The molecule has 0 bridgehead atoms. The van der Waals surface area contributed by atoms with Gasteiger partial charge in [-0.2, -0.15) is 0 Å². The van der Waals surface area contributed by atoms with E-state index >= 15 is 0 Å². The molecular formula is C66H127NO5. The Morgan fingerprint density at radius 3 is 0.986 bits per heavy atom. The molecule has 2 unspecified atom stereocenters. The Labute approximate surface area is 450 Å². The molecule has 0 saturated heterocycles. The zero-order valence-electron chi connectivity index (χ0n) is 48.7. The van der Waals surface area contributed by atoms with Crippen LogP contribution in [0, 0.1) is 0 Å². The van der Waals surface area contributed by atoms with Gasteiger partial charge < -0.3 is 20.3 Å². The van der Waals surface area contributed by atoms with E-state index in [1.165, 1.54) is 283 Å². The van der Waals surface area contributed by atoms with E-state index in [1.807, 2.05) is 0 Å². The van der Waals surface area contributed by atoms with Gasteiger partial charge in [0.2, 0.25) is 5.91 Å². The Kier molecular flexibility index (Phi) is 60.5. The summed E-state index contributed by atoms with van der Waals surface area (Å²) in [6.07, 6.45) is 76.2. The summed E-state index contributed by atoms with van der Waals surface area (Å²) in [5, 5.41) is 23.4. The fraction of sp³-hybridized carbons (Fsp3) is 0.909. The number of amides is 1. The minimum atomic E-state index is -0.669. The zero-order chi connectivity index (χ0) is 52.2. The second kappa shape index (κ2) is 61.9. The quantitative estimate of drug-likeness (QED) is 0.0320. The number of hydrogen-bond acceptors (Lipinski definition) is 5. The lowest BCUT2D eigenvalue weighted by Gasteiger charge is -2.22. The van der Waals surface area contributed by atoms with Crippen LogP contribution in [-0.4, -0.2) is 47.4 Å². The molecule has 1 amide bonds. The number of ether oxygens (including phenoxy) is 1. The molecule has 6 heteroatoms. The maximum Gasteiger partial charge on any atom is 0.305 e. The average Bonchev–Trinajstić information content (AvgIpc) is 3.38. The van der Waals surface area contributed by atoms with Gasteiger partial charge in [0.15, 0.2) is 0 Å². The van der Waals surface area contributed by atoms with Crippen molar-refractivity contribution in [3.05, 3.63) is 24.3 Å². The molecule has 0 saturated carbocycles. The third-order valence-electron chi connectivity index (χ3n) is 15.2. The van der Waals surface area contributed by atoms with Gasteiger partial charge in [-0.3, -0.25) is 9.59 Å². The Hall–Kier alpha value is -1.66. The summed E-state index contributed by atoms with van der Waals surface area (Å²) in [5.74, 6) is -0.0368. The molecule has 0 fully saturated rings. The first kappa shape index (κ1) is 70.3. The summed E-state index contributed by atoms with van der Waals surface area (Å²) in [7, 11) is 0. The predicted molar refractivity (Wildman–Crippen MR) is 315 cm³/mol. The topological polar surface area (TPSA) is 95.9 Å². The van der Waals surface area contributed by atoms with Crippen LogP contribution in [0.1, 0.15) is 361 Å². The van der Waals surface area contributed by atoms with Gasteiger partial charge in [-0.25, -0.2) is 0 Å². The highest BCUT2D eigenvalue weighted by Crippen LogP contribution is 2.18. The normalized spacial score (nSPS) is 12.7. The van der Waals surface area contributed by atoms with E-state index in [0.717, 1.165) is 44.9 Å². The predicted octanol–water partition coefficient (Wildman–Crippen LogP) is 20.6. The van der Waals surface area contributed by atoms with Crippen LogP contribution >= 0.6 is 0 Å². The molecule has 0 aromatic rings.